The zero-order chi connectivity index (χ0) is 21.8. The van der Waals surface area contributed by atoms with E-state index in [2.05, 4.69) is 10.4 Å². The fraction of sp³-hybridized carbons (Fsp3) is 0.0417. The molecule has 1 heterocycles. The van der Waals surface area contributed by atoms with E-state index in [1.807, 2.05) is 61.5 Å². The summed E-state index contributed by atoms with van der Waals surface area (Å²) in [7, 11) is 0. The summed E-state index contributed by atoms with van der Waals surface area (Å²) in [6, 6.07) is 25.3. The fourth-order valence-corrected chi connectivity index (χ4v) is 3.93. The number of para-hydroxylation sites is 1. The predicted octanol–water partition coefficient (Wildman–Crippen LogP) is 4.65. The van der Waals surface area contributed by atoms with E-state index in [1.54, 1.807) is 24.3 Å². The first kappa shape index (κ1) is 20.4. The summed E-state index contributed by atoms with van der Waals surface area (Å²) in [5.41, 5.74) is 1.27. The molecule has 0 unspecified atom stereocenters. The molecule has 0 aliphatic rings. The Kier molecular flexibility index (Phi) is 5.86. The number of aromatic hydroxyl groups is 1. The number of carbonyl (C=O) groups excluding carboxylic acids is 1. The van der Waals surface area contributed by atoms with Gasteiger partial charge in [0.05, 0.1) is 11.4 Å². The molecule has 1 aromatic heterocycles. The van der Waals surface area contributed by atoms with Gasteiger partial charge in [-0.25, -0.2) is 0 Å². The van der Waals surface area contributed by atoms with Crippen molar-refractivity contribution in [2.24, 2.45) is 0 Å². The number of anilines is 1. The number of hydrogen-bond acceptors (Lipinski definition) is 5. The molecule has 0 bridgehead atoms. The van der Waals surface area contributed by atoms with Crippen molar-refractivity contribution in [2.75, 3.05) is 5.32 Å². The molecular formula is C24H19N3O3S. The Morgan fingerprint density at radius 1 is 0.968 bits per heavy atom. The van der Waals surface area contributed by atoms with Gasteiger partial charge in [-0.1, -0.05) is 54.2 Å². The summed E-state index contributed by atoms with van der Waals surface area (Å²) in [4.78, 5) is 27.2. The summed E-state index contributed by atoms with van der Waals surface area (Å²) in [5, 5.41) is 17.2. The molecule has 0 aliphatic carbocycles. The first-order valence-corrected chi connectivity index (χ1v) is 10.4. The molecule has 0 spiro atoms. The van der Waals surface area contributed by atoms with Crippen molar-refractivity contribution in [3.63, 3.8) is 0 Å². The highest BCUT2D eigenvalue weighted by Gasteiger charge is 2.18. The van der Waals surface area contributed by atoms with Crippen LogP contribution in [0, 0.1) is 6.92 Å². The fourth-order valence-electron chi connectivity index (χ4n) is 3.01. The van der Waals surface area contributed by atoms with Crippen molar-refractivity contribution in [3.05, 3.63) is 107 Å². The van der Waals surface area contributed by atoms with Crippen LogP contribution < -0.4 is 10.9 Å². The van der Waals surface area contributed by atoms with Crippen LogP contribution in [0.15, 0.2) is 99.5 Å². The SMILES string of the molecule is Cc1cccc(-n2nc(C(=O)Nc3ccccc3Sc3ccccc3)c(O)cc2=O)c1. The molecule has 6 nitrogen and oxygen atoms in total. The highest BCUT2D eigenvalue weighted by atomic mass is 32.2. The highest BCUT2D eigenvalue weighted by molar-refractivity contribution is 7.99. The van der Waals surface area contributed by atoms with Crippen molar-refractivity contribution >= 4 is 23.4 Å². The lowest BCUT2D eigenvalue weighted by molar-refractivity contribution is 0.101. The Bertz CT molecular complexity index is 1300. The second kappa shape index (κ2) is 8.89. The molecule has 0 atom stereocenters. The molecule has 0 radical (unpaired) electrons. The Morgan fingerprint density at radius 3 is 2.48 bits per heavy atom. The number of aromatic nitrogens is 2. The number of nitrogens with zero attached hydrogens (tertiary/aromatic N) is 2. The van der Waals surface area contributed by atoms with E-state index in [0.717, 1.165) is 26.1 Å². The van der Waals surface area contributed by atoms with Gasteiger partial charge in [0.2, 0.25) is 0 Å². The molecule has 7 heteroatoms. The van der Waals surface area contributed by atoms with Gasteiger partial charge in [0, 0.05) is 15.9 Å². The maximum absolute atomic E-state index is 12.9. The standard InChI is InChI=1S/C24H19N3O3S/c1-16-8-7-9-17(14-16)27-22(29)15-20(28)23(26-27)24(30)25-19-12-5-6-13-21(19)31-18-10-3-2-4-11-18/h2-15,28H,1H3,(H,25,30). The number of nitrogens with one attached hydrogen (secondary N) is 1. The monoisotopic (exact) mass is 429 g/mol. The second-order valence-electron chi connectivity index (χ2n) is 6.83. The Morgan fingerprint density at radius 2 is 1.71 bits per heavy atom. The van der Waals surface area contributed by atoms with Crippen LogP contribution >= 0.6 is 11.8 Å². The number of benzene rings is 3. The van der Waals surface area contributed by atoms with E-state index in [-0.39, 0.29) is 5.69 Å². The number of aryl methyl sites for hydroxylation is 1. The van der Waals surface area contributed by atoms with Crippen LogP contribution in [0.3, 0.4) is 0 Å². The van der Waals surface area contributed by atoms with Gasteiger partial charge in [0.25, 0.3) is 11.5 Å². The Hall–Kier alpha value is -3.84. The highest BCUT2D eigenvalue weighted by Crippen LogP contribution is 2.33. The molecule has 0 aliphatic heterocycles. The van der Waals surface area contributed by atoms with Crippen LogP contribution in [-0.4, -0.2) is 20.8 Å². The van der Waals surface area contributed by atoms with Gasteiger partial charge in [-0.05, 0) is 48.9 Å². The van der Waals surface area contributed by atoms with E-state index in [1.165, 1.54) is 11.8 Å². The molecule has 154 valence electrons. The molecular weight excluding hydrogens is 410 g/mol. The van der Waals surface area contributed by atoms with Crippen molar-refractivity contribution in [2.45, 2.75) is 16.7 Å². The summed E-state index contributed by atoms with van der Waals surface area (Å²) >= 11 is 1.51. The topological polar surface area (TPSA) is 84.2 Å². The number of hydrogen-bond donors (Lipinski definition) is 2. The minimum Gasteiger partial charge on any atom is -0.505 e. The lowest BCUT2D eigenvalue weighted by atomic mass is 10.2. The van der Waals surface area contributed by atoms with Gasteiger partial charge in [0.1, 0.15) is 0 Å². The number of rotatable bonds is 5. The zero-order valence-corrected chi connectivity index (χ0v) is 17.5. The second-order valence-corrected chi connectivity index (χ2v) is 7.95. The van der Waals surface area contributed by atoms with Gasteiger partial charge in [-0.3, -0.25) is 9.59 Å². The molecule has 2 N–H and O–H groups in total. The van der Waals surface area contributed by atoms with Crippen molar-refractivity contribution < 1.29 is 9.90 Å². The van der Waals surface area contributed by atoms with E-state index >= 15 is 0 Å². The van der Waals surface area contributed by atoms with Crippen LogP contribution in [-0.2, 0) is 0 Å². The molecule has 0 saturated heterocycles. The van der Waals surface area contributed by atoms with Gasteiger partial charge in [-0.2, -0.15) is 9.78 Å². The lowest BCUT2D eigenvalue weighted by Gasteiger charge is -2.12. The van der Waals surface area contributed by atoms with Crippen LogP contribution in [0.5, 0.6) is 5.75 Å². The number of carbonyl (C=O) groups is 1. The third-order valence-corrected chi connectivity index (χ3v) is 5.56. The smallest absolute Gasteiger partial charge is 0.280 e. The van der Waals surface area contributed by atoms with E-state index in [9.17, 15) is 14.7 Å². The first-order valence-electron chi connectivity index (χ1n) is 9.55. The van der Waals surface area contributed by atoms with Crippen molar-refractivity contribution in [1.82, 2.24) is 9.78 Å². The third kappa shape index (κ3) is 4.67. The van der Waals surface area contributed by atoms with Crippen molar-refractivity contribution in [3.8, 4) is 11.4 Å². The van der Waals surface area contributed by atoms with Gasteiger partial charge < -0.3 is 10.4 Å². The molecule has 1 amide bonds. The Balaban J connectivity index is 1.66. The molecule has 3 aromatic carbocycles. The van der Waals surface area contributed by atoms with E-state index in [0.29, 0.717) is 11.4 Å². The largest absolute Gasteiger partial charge is 0.505 e. The lowest BCUT2D eigenvalue weighted by Crippen LogP contribution is -2.25. The number of amides is 1. The van der Waals surface area contributed by atoms with E-state index in [4.69, 9.17) is 0 Å². The maximum atomic E-state index is 12.9. The zero-order valence-electron chi connectivity index (χ0n) is 16.6. The Labute approximate surface area is 183 Å². The minimum atomic E-state index is -0.611. The third-order valence-electron chi connectivity index (χ3n) is 4.48. The quantitative estimate of drug-likeness (QED) is 0.482. The van der Waals surface area contributed by atoms with Crippen LogP contribution in [0.1, 0.15) is 16.1 Å². The first-order chi connectivity index (χ1) is 15.0. The normalized spacial score (nSPS) is 10.6. The predicted molar refractivity (Wildman–Crippen MR) is 121 cm³/mol. The van der Waals surface area contributed by atoms with Crippen molar-refractivity contribution in [1.29, 1.82) is 0 Å². The van der Waals surface area contributed by atoms with Gasteiger partial charge in [-0.15, -0.1) is 0 Å². The van der Waals surface area contributed by atoms with Crippen LogP contribution in [0.25, 0.3) is 5.69 Å². The summed E-state index contributed by atoms with van der Waals surface area (Å²) < 4.78 is 1.10. The van der Waals surface area contributed by atoms with E-state index < -0.39 is 17.2 Å². The van der Waals surface area contributed by atoms with Gasteiger partial charge >= 0.3 is 0 Å². The van der Waals surface area contributed by atoms with Crippen LogP contribution in [0.4, 0.5) is 5.69 Å². The average molecular weight is 430 g/mol. The van der Waals surface area contributed by atoms with Crippen LogP contribution in [0.2, 0.25) is 0 Å². The maximum Gasteiger partial charge on any atom is 0.280 e. The molecule has 4 rings (SSSR count). The van der Waals surface area contributed by atoms with Gasteiger partial charge in [0.15, 0.2) is 11.4 Å². The molecule has 0 saturated carbocycles. The molecule has 31 heavy (non-hydrogen) atoms. The molecule has 0 fully saturated rings. The summed E-state index contributed by atoms with van der Waals surface area (Å²) in [6.07, 6.45) is 0. The summed E-state index contributed by atoms with van der Waals surface area (Å²) in [5.74, 6) is -1.08. The average Bonchev–Trinajstić information content (AvgIpc) is 2.76. The summed E-state index contributed by atoms with van der Waals surface area (Å²) in [6.45, 7) is 1.89. The molecule has 4 aromatic rings. The minimum absolute atomic E-state index is 0.236.